The Balaban J connectivity index is 1.66. The molecule has 1 amide bonds. The molecule has 1 N–H and O–H groups in total. The number of hydrogen-bond acceptors (Lipinski definition) is 5. The van der Waals surface area contributed by atoms with Gasteiger partial charge in [0, 0.05) is 17.7 Å². The second kappa shape index (κ2) is 8.22. The van der Waals surface area contributed by atoms with Crippen LogP contribution in [-0.2, 0) is 12.1 Å². The van der Waals surface area contributed by atoms with Crippen molar-refractivity contribution in [2.24, 2.45) is 0 Å². The van der Waals surface area contributed by atoms with E-state index in [9.17, 15) is 32.7 Å². The molecule has 0 aliphatic carbocycles. The molecule has 3 aromatic rings. The van der Waals surface area contributed by atoms with Crippen molar-refractivity contribution in [3.8, 4) is 17.3 Å². The second-order valence-corrected chi connectivity index (χ2v) is 8.28. The number of carbonyl (C=O) groups is 1. The van der Waals surface area contributed by atoms with Gasteiger partial charge < -0.3 is 14.6 Å². The highest BCUT2D eigenvalue weighted by Gasteiger charge is 2.55. The zero-order valence-corrected chi connectivity index (χ0v) is 18.1. The molecule has 0 saturated heterocycles. The van der Waals surface area contributed by atoms with E-state index >= 15 is 0 Å². The van der Waals surface area contributed by atoms with Crippen LogP contribution in [0, 0.1) is 17.1 Å². The Morgan fingerprint density at radius 1 is 1.21 bits per heavy atom. The van der Waals surface area contributed by atoms with E-state index in [0.29, 0.717) is 23.9 Å². The van der Waals surface area contributed by atoms with E-state index in [1.807, 2.05) is 6.07 Å². The molecule has 0 spiro atoms. The third-order valence-electron chi connectivity index (χ3n) is 5.82. The first-order valence-corrected chi connectivity index (χ1v) is 10.2. The monoisotopic (exact) mass is 473 g/mol. The molecule has 0 saturated carbocycles. The summed E-state index contributed by atoms with van der Waals surface area (Å²) < 4.78 is 54.7. The van der Waals surface area contributed by atoms with Crippen molar-refractivity contribution in [3.63, 3.8) is 0 Å². The molecule has 1 aliphatic heterocycles. The number of hydrogen-bond donors (Lipinski definition) is 1. The van der Waals surface area contributed by atoms with E-state index in [2.05, 4.69) is 9.97 Å². The van der Waals surface area contributed by atoms with E-state index in [4.69, 9.17) is 0 Å². The Kier molecular flexibility index (Phi) is 5.65. The van der Waals surface area contributed by atoms with Gasteiger partial charge in [-0.2, -0.15) is 18.4 Å². The minimum atomic E-state index is -4.92. The van der Waals surface area contributed by atoms with E-state index in [1.165, 1.54) is 46.0 Å². The molecule has 0 bridgehead atoms. The number of amides is 1. The number of pyridine rings is 1. The number of carbonyl (C=O) groups excluding carboxylic acids is 1. The van der Waals surface area contributed by atoms with Gasteiger partial charge in [0.25, 0.3) is 5.91 Å². The fourth-order valence-corrected chi connectivity index (χ4v) is 4.01. The summed E-state index contributed by atoms with van der Waals surface area (Å²) in [5.74, 6) is -1.48. The summed E-state index contributed by atoms with van der Waals surface area (Å²) in [6.07, 6.45) is -2.70. The van der Waals surface area contributed by atoms with Crippen molar-refractivity contribution in [2.45, 2.75) is 38.2 Å². The van der Waals surface area contributed by atoms with Gasteiger partial charge in [0.1, 0.15) is 5.82 Å². The lowest BCUT2D eigenvalue weighted by Crippen LogP contribution is -2.45. The quantitative estimate of drug-likeness (QED) is 0.582. The number of nitrogens with zero attached hydrogens (tertiary/aromatic N) is 5. The van der Waals surface area contributed by atoms with Gasteiger partial charge in [-0.05, 0) is 44.2 Å². The van der Waals surface area contributed by atoms with Crippen LogP contribution >= 0.6 is 0 Å². The summed E-state index contributed by atoms with van der Waals surface area (Å²) in [5, 5.41) is 19.5. The van der Waals surface area contributed by atoms with E-state index in [1.54, 1.807) is 6.92 Å². The van der Waals surface area contributed by atoms with Crippen LogP contribution in [0.1, 0.15) is 47.3 Å². The van der Waals surface area contributed by atoms with Gasteiger partial charge in [0.05, 0.1) is 48.0 Å². The number of benzene rings is 1. The van der Waals surface area contributed by atoms with Crippen LogP contribution in [0.25, 0.3) is 11.3 Å². The fraction of sp³-hybridized carbons (Fsp3) is 0.304. The van der Waals surface area contributed by atoms with Crippen molar-refractivity contribution in [2.75, 3.05) is 6.54 Å². The highest BCUT2D eigenvalue weighted by Crippen LogP contribution is 2.40. The number of nitriles is 1. The summed E-state index contributed by atoms with van der Waals surface area (Å²) >= 11 is 0. The number of halogens is 4. The predicted octanol–water partition coefficient (Wildman–Crippen LogP) is 3.94. The van der Waals surface area contributed by atoms with Crippen LogP contribution in [0.2, 0.25) is 0 Å². The number of rotatable bonds is 3. The molecular weight excluding hydrogens is 454 g/mol. The maximum absolute atomic E-state index is 13.4. The van der Waals surface area contributed by atoms with Crippen LogP contribution in [0.4, 0.5) is 17.6 Å². The Hall–Kier alpha value is -3.78. The molecular formula is C23H19F4N5O2. The first-order valence-electron chi connectivity index (χ1n) is 10.2. The Labute approximate surface area is 191 Å². The number of aromatic nitrogens is 3. The summed E-state index contributed by atoms with van der Waals surface area (Å²) in [5.41, 5.74) is -1.64. The molecule has 176 valence electrons. The number of imidazole rings is 1. The van der Waals surface area contributed by atoms with E-state index in [0.717, 1.165) is 6.20 Å². The molecule has 2 aromatic heterocycles. The summed E-state index contributed by atoms with van der Waals surface area (Å²) in [7, 11) is 0. The largest absolute Gasteiger partial charge is 0.424 e. The lowest BCUT2D eigenvalue weighted by molar-refractivity contribution is -0.263. The van der Waals surface area contributed by atoms with Crippen molar-refractivity contribution in [1.29, 1.82) is 5.26 Å². The molecule has 34 heavy (non-hydrogen) atoms. The maximum Gasteiger partial charge on any atom is 0.424 e. The average Bonchev–Trinajstić information content (AvgIpc) is 3.23. The smallest absolute Gasteiger partial charge is 0.374 e. The molecule has 11 heteroatoms. The van der Waals surface area contributed by atoms with E-state index < -0.39 is 35.4 Å². The van der Waals surface area contributed by atoms with Crippen LogP contribution in [0.3, 0.4) is 0 Å². The number of alkyl halides is 3. The Morgan fingerprint density at radius 3 is 2.56 bits per heavy atom. The summed E-state index contributed by atoms with van der Waals surface area (Å²) in [6, 6.07) is 8.44. The van der Waals surface area contributed by atoms with Gasteiger partial charge in [-0.3, -0.25) is 9.78 Å². The molecule has 1 aliphatic rings. The predicted molar refractivity (Wildman–Crippen MR) is 112 cm³/mol. The lowest BCUT2D eigenvalue weighted by Gasteiger charge is -2.36. The standard InChI is InChI=1S/C23H19F4N5O2/c1-13-11-31(12-17-10-30-21(32(13)17)22(2,34)23(25,26)27)20(33)14-3-4-15(8-28)18(7-14)19-6-5-16(24)9-29-19/h3-7,9-10,13,34H,11-12H2,1-2H3/t13-,22?/m0/s1. The summed E-state index contributed by atoms with van der Waals surface area (Å²) in [6.45, 7) is 2.34. The first kappa shape index (κ1) is 23.4. The van der Waals surface area contributed by atoms with Gasteiger partial charge in [-0.25, -0.2) is 9.37 Å². The second-order valence-electron chi connectivity index (χ2n) is 8.28. The van der Waals surface area contributed by atoms with E-state index in [-0.39, 0.29) is 24.2 Å². The topological polar surface area (TPSA) is 95.0 Å². The molecule has 4 rings (SSSR count). The highest BCUT2D eigenvalue weighted by molar-refractivity contribution is 5.96. The third kappa shape index (κ3) is 3.90. The molecule has 0 fully saturated rings. The average molecular weight is 473 g/mol. The summed E-state index contributed by atoms with van der Waals surface area (Å²) in [4.78, 5) is 22.5. The zero-order chi connectivity index (χ0) is 24.8. The first-order chi connectivity index (χ1) is 15.9. The van der Waals surface area contributed by atoms with Gasteiger partial charge in [0.2, 0.25) is 5.60 Å². The van der Waals surface area contributed by atoms with Gasteiger partial charge in [-0.15, -0.1) is 0 Å². The Bertz CT molecular complexity index is 1290. The third-order valence-corrected chi connectivity index (χ3v) is 5.82. The molecule has 0 radical (unpaired) electrons. The number of aliphatic hydroxyl groups is 1. The fourth-order valence-electron chi connectivity index (χ4n) is 4.01. The minimum absolute atomic E-state index is 0.0196. The van der Waals surface area contributed by atoms with Crippen LogP contribution in [0.5, 0.6) is 0 Å². The van der Waals surface area contributed by atoms with Crippen molar-refractivity contribution in [1.82, 2.24) is 19.4 Å². The normalized spacial score (nSPS) is 17.6. The van der Waals surface area contributed by atoms with Crippen molar-refractivity contribution in [3.05, 3.63) is 71.2 Å². The zero-order valence-electron chi connectivity index (χ0n) is 18.1. The van der Waals surface area contributed by atoms with Crippen molar-refractivity contribution < 1.29 is 27.5 Å². The lowest BCUT2D eigenvalue weighted by atomic mass is 10.00. The maximum atomic E-state index is 13.4. The molecule has 1 aromatic carbocycles. The van der Waals surface area contributed by atoms with Crippen LogP contribution in [0.15, 0.2) is 42.7 Å². The van der Waals surface area contributed by atoms with Gasteiger partial charge >= 0.3 is 6.18 Å². The highest BCUT2D eigenvalue weighted by atomic mass is 19.4. The van der Waals surface area contributed by atoms with Crippen LogP contribution < -0.4 is 0 Å². The Morgan fingerprint density at radius 2 is 1.94 bits per heavy atom. The molecule has 1 unspecified atom stereocenters. The SMILES string of the molecule is C[C@H]1CN(C(=O)c2ccc(C#N)c(-c3ccc(F)cn3)c2)Cc2cnc(C(C)(O)C(F)(F)F)n21. The minimum Gasteiger partial charge on any atom is -0.374 e. The molecule has 3 heterocycles. The number of fused-ring (bicyclic) bond motifs is 1. The molecule has 7 nitrogen and oxygen atoms in total. The van der Waals surface area contributed by atoms with Crippen LogP contribution in [-0.4, -0.2) is 43.2 Å². The van der Waals surface area contributed by atoms with Gasteiger partial charge in [-0.1, -0.05) is 0 Å². The van der Waals surface area contributed by atoms with Crippen molar-refractivity contribution >= 4 is 5.91 Å². The van der Waals surface area contributed by atoms with Gasteiger partial charge in [0.15, 0.2) is 5.82 Å². The molecule has 2 atom stereocenters.